The Morgan fingerprint density at radius 1 is 1.53 bits per heavy atom. The Labute approximate surface area is 105 Å². The Balaban J connectivity index is 2.08. The Hall–Kier alpha value is -1.16. The van der Waals surface area contributed by atoms with Crippen LogP contribution in [0.2, 0.25) is 5.28 Å². The molecule has 4 nitrogen and oxygen atoms in total. The minimum atomic E-state index is -0.0269. The van der Waals surface area contributed by atoms with Crippen molar-refractivity contribution in [2.45, 2.75) is 44.7 Å². The number of hydrogen-bond acceptors (Lipinski definition) is 4. The standard InChI is InChI=1S/C12H14ClN3O/c1-2-9-10(17)5-7-6-14-12(13)15-11(7)16(9)8-3-4-8/h6,8-9H,2-5H2,1H3/t9-/m1/s1. The SMILES string of the molecule is CC[C@@H]1C(=O)Cc2cnc(Cl)nc2N1C1CC1. The molecule has 0 bridgehead atoms. The lowest BCUT2D eigenvalue weighted by atomic mass is 9.96. The van der Waals surface area contributed by atoms with E-state index in [1.54, 1.807) is 6.20 Å². The summed E-state index contributed by atoms with van der Waals surface area (Å²) in [7, 11) is 0. The molecule has 0 N–H and O–H groups in total. The first-order valence-corrected chi connectivity index (χ1v) is 6.41. The number of carbonyl (C=O) groups is 1. The van der Waals surface area contributed by atoms with Crippen LogP contribution in [0.25, 0.3) is 0 Å². The van der Waals surface area contributed by atoms with Crippen molar-refractivity contribution in [3.05, 3.63) is 17.0 Å². The molecule has 0 amide bonds. The van der Waals surface area contributed by atoms with E-state index in [0.29, 0.717) is 12.5 Å². The van der Waals surface area contributed by atoms with Gasteiger partial charge in [0.1, 0.15) is 5.82 Å². The van der Waals surface area contributed by atoms with Gasteiger partial charge >= 0.3 is 0 Å². The second-order valence-corrected chi connectivity index (χ2v) is 5.03. The summed E-state index contributed by atoms with van der Waals surface area (Å²) in [5.41, 5.74) is 0.913. The molecular weight excluding hydrogens is 238 g/mol. The first-order valence-electron chi connectivity index (χ1n) is 6.03. The molecule has 1 atom stereocenters. The lowest BCUT2D eigenvalue weighted by molar-refractivity contribution is -0.120. The summed E-state index contributed by atoms with van der Waals surface area (Å²) >= 11 is 5.86. The molecule has 90 valence electrons. The highest BCUT2D eigenvalue weighted by Crippen LogP contribution is 2.38. The van der Waals surface area contributed by atoms with Crippen LogP contribution in [-0.2, 0) is 11.2 Å². The highest BCUT2D eigenvalue weighted by atomic mass is 35.5. The maximum absolute atomic E-state index is 12.1. The third kappa shape index (κ3) is 1.80. The number of anilines is 1. The minimum Gasteiger partial charge on any atom is -0.343 e. The minimum absolute atomic E-state index is 0.0269. The van der Waals surface area contributed by atoms with Crippen LogP contribution < -0.4 is 4.90 Å². The van der Waals surface area contributed by atoms with E-state index in [1.807, 2.05) is 6.92 Å². The van der Waals surface area contributed by atoms with E-state index < -0.39 is 0 Å². The number of hydrogen-bond donors (Lipinski definition) is 0. The third-order valence-electron chi connectivity index (χ3n) is 3.46. The van der Waals surface area contributed by atoms with Crippen molar-refractivity contribution >= 4 is 23.2 Å². The molecule has 0 saturated heterocycles. The zero-order chi connectivity index (χ0) is 12.0. The monoisotopic (exact) mass is 251 g/mol. The fourth-order valence-corrected chi connectivity index (χ4v) is 2.67. The quantitative estimate of drug-likeness (QED) is 0.755. The molecule has 1 aliphatic heterocycles. The number of aromatic nitrogens is 2. The van der Waals surface area contributed by atoms with Crippen molar-refractivity contribution in [1.29, 1.82) is 0 Å². The van der Waals surface area contributed by atoms with Gasteiger partial charge in [-0.05, 0) is 30.9 Å². The molecule has 2 aliphatic rings. The fraction of sp³-hybridized carbons (Fsp3) is 0.583. The zero-order valence-corrected chi connectivity index (χ0v) is 10.4. The van der Waals surface area contributed by atoms with E-state index in [9.17, 15) is 4.79 Å². The summed E-state index contributed by atoms with van der Waals surface area (Å²) in [6.07, 6.45) is 5.24. The lowest BCUT2D eigenvalue weighted by Crippen LogP contribution is -2.47. The van der Waals surface area contributed by atoms with Crippen LogP contribution in [0.4, 0.5) is 5.82 Å². The van der Waals surface area contributed by atoms with Crippen molar-refractivity contribution in [2.24, 2.45) is 0 Å². The van der Waals surface area contributed by atoms with Gasteiger partial charge in [0.25, 0.3) is 0 Å². The molecule has 2 heterocycles. The Bertz CT molecular complexity index is 473. The predicted octanol–water partition coefficient (Wildman–Crippen LogP) is 2.00. The number of nitrogens with zero attached hydrogens (tertiary/aromatic N) is 3. The zero-order valence-electron chi connectivity index (χ0n) is 9.69. The largest absolute Gasteiger partial charge is 0.343 e. The van der Waals surface area contributed by atoms with Crippen LogP contribution in [0.3, 0.4) is 0 Å². The predicted molar refractivity (Wildman–Crippen MR) is 65.3 cm³/mol. The average molecular weight is 252 g/mol. The lowest BCUT2D eigenvalue weighted by Gasteiger charge is -2.36. The number of Topliss-reactive ketones (excluding diaryl/α,β-unsaturated/α-hetero) is 1. The van der Waals surface area contributed by atoms with Crippen molar-refractivity contribution in [1.82, 2.24) is 9.97 Å². The maximum atomic E-state index is 12.1. The molecule has 0 unspecified atom stereocenters. The van der Waals surface area contributed by atoms with Crippen LogP contribution in [0, 0.1) is 0 Å². The van der Waals surface area contributed by atoms with E-state index >= 15 is 0 Å². The van der Waals surface area contributed by atoms with Gasteiger partial charge < -0.3 is 4.90 Å². The van der Waals surface area contributed by atoms with E-state index in [-0.39, 0.29) is 17.1 Å². The van der Waals surface area contributed by atoms with Crippen molar-refractivity contribution in [2.75, 3.05) is 4.90 Å². The fourth-order valence-electron chi connectivity index (χ4n) is 2.54. The summed E-state index contributed by atoms with van der Waals surface area (Å²) in [6, 6.07) is 0.440. The van der Waals surface area contributed by atoms with Crippen LogP contribution >= 0.6 is 11.6 Å². The smallest absolute Gasteiger partial charge is 0.224 e. The highest BCUT2D eigenvalue weighted by molar-refractivity contribution is 6.28. The average Bonchev–Trinajstić information content (AvgIpc) is 3.12. The molecule has 1 fully saturated rings. The van der Waals surface area contributed by atoms with Crippen molar-refractivity contribution in [3.8, 4) is 0 Å². The molecule has 0 spiro atoms. The first kappa shape index (κ1) is 11.0. The molecule has 17 heavy (non-hydrogen) atoms. The third-order valence-corrected chi connectivity index (χ3v) is 3.64. The summed E-state index contributed by atoms with van der Waals surface area (Å²) in [4.78, 5) is 22.5. The number of carbonyl (C=O) groups excluding carboxylic acids is 1. The van der Waals surface area contributed by atoms with Crippen LogP contribution in [0.15, 0.2) is 6.20 Å². The number of fused-ring (bicyclic) bond motifs is 1. The number of halogens is 1. The molecule has 0 radical (unpaired) electrons. The van der Waals surface area contributed by atoms with Crippen LogP contribution in [0.1, 0.15) is 31.7 Å². The van der Waals surface area contributed by atoms with Gasteiger partial charge in [0.2, 0.25) is 5.28 Å². The summed E-state index contributed by atoms with van der Waals surface area (Å²) < 4.78 is 0. The molecule has 1 saturated carbocycles. The van der Waals surface area contributed by atoms with Gasteiger partial charge in [-0.15, -0.1) is 0 Å². The van der Waals surface area contributed by atoms with E-state index in [0.717, 1.165) is 30.6 Å². The first-order chi connectivity index (χ1) is 8.20. The molecule has 5 heteroatoms. The van der Waals surface area contributed by atoms with Gasteiger partial charge in [0, 0.05) is 24.2 Å². The maximum Gasteiger partial charge on any atom is 0.224 e. The normalized spacial score (nSPS) is 23.8. The van der Waals surface area contributed by atoms with Crippen LogP contribution in [0.5, 0.6) is 0 Å². The van der Waals surface area contributed by atoms with Gasteiger partial charge in [-0.3, -0.25) is 4.79 Å². The summed E-state index contributed by atoms with van der Waals surface area (Å²) in [6.45, 7) is 2.05. The molecular formula is C12H14ClN3O. The molecule has 1 aromatic rings. The summed E-state index contributed by atoms with van der Waals surface area (Å²) in [5, 5.41) is 0.263. The molecule has 1 aromatic heterocycles. The molecule has 0 aromatic carbocycles. The Morgan fingerprint density at radius 3 is 2.94 bits per heavy atom. The second kappa shape index (κ2) is 3.95. The van der Waals surface area contributed by atoms with Gasteiger partial charge in [-0.1, -0.05) is 6.92 Å². The highest BCUT2D eigenvalue weighted by Gasteiger charge is 2.41. The van der Waals surface area contributed by atoms with Gasteiger partial charge in [-0.2, -0.15) is 0 Å². The van der Waals surface area contributed by atoms with E-state index in [1.165, 1.54) is 0 Å². The molecule has 1 aliphatic carbocycles. The molecule has 3 rings (SSSR count). The van der Waals surface area contributed by atoms with E-state index in [4.69, 9.17) is 11.6 Å². The summed E-state index contributed by atoms with van der Waals surface area (Å²) in [5.74, 6) is 1.15. The van der Waals surface area contributed by atoms with Gasteiger partial charge in [0.15, 0.2) is 5.78 Å². The Morgan fingerprint density at radius 2 is 2.29 bits per heavy atom. The van der Waals surface area contributed by atoms with Crippen molar-refractivity contribution in [3.63, 3.8) is 0 Å². The van der Waals surface area contributed by atoms with E-state index in [2.05, 4.69) is 14.9 Å². The number of ketones is 1. The van der Waals surface area contributed by atoms with Crippen molar-refractivity contribution < 1.29 is 4.79 Å². The number of rotatable bonds is 2. The topological polar surface area (TPSA) is 46.1 Å². The van der Waals surface area contributed by atoms with Crippen LogP contribution in [-0.4, -0.2) is 27.8 Å². The Kier molecular flexibility index (Phi) is 2.54. The van der Waals surface area contributed by atoms with Gasteiger partial charge in [0.05, 0.1) is 6.04 Å². The second-order valence-electron chi connectivity index (χ2n) is 4.69. The van der Waals surface area contributed by atoms with Gasteiger partial charge in [-0.25, -0.2) is 9.97 Å².